The monoisotopic (exact) mass is 628 g/mol. The fraction of sp³-hybridized carbons (Fsp3) is 0.742. The minimum absolute atomic E-state index is 0.0552. The number of rotatable bonds is 18. The van der Waals surface area contributed by atoms with Crippen molar-refractivity contribution in [2.45, 2.75) is 90.1 Å². The minimum atomic E-state index is -1.73. The lowest BCUT2D eigenvalue weighted by molar-refractivity contribution is -0.174. The van der Waals surface area contributed by atoms with Crippen LogP contribution in [0.4, 0.5) is 0 Å². The molecule has 252 valence electrons. The Labute approximate surface area is 260 Å². The van der Waals surface area contributed by atoms with Crippen LogP contribution in [0.5, 0.6) is 5.75 Å². The number of ether oxygens (including phenoxy) is 5. The summed E-state index contributed by atoms with van der Waals surface area (Å²) in [6.07, 6.45) is -6.38. The summed E-state index contributed by atoms with van der Waals surface area (Å²) in [5.41, 5.74) is 0.480. The highest BCUT2D eigenvalue weighted by atomic mass is 16.5. The Hall–Kier alpha value is -2.36. The van der Waals surface area contributed by atoms with Gasteiger partial charge < -0.3 is 54.7 Å². The number of nitrogens with one attached hydrogen (secondary N) is 2. The number of aliphatic carboxylic acids is 1. The van der Waals surface area contributed by atoms with Gasteiger partial charge in [0.25, 0.3) is 5.91 Å². The van der Waals surface area contributed by atoms with E-state index in [-0.39, 0.29) is 43.0 Å². The molecule has 0 unspecified atom stereocenters. The lowest BCUT2D eigenvalue weighted by Crippen LogP contribution is -2.57. The van der Waals surface area contributed by atoms with Crippen molar-refractivity contribution in [1.82, 2.24) is 10.6 Å². The van der Waals surface area contributed by atoms with E-state index >= 15 is 0 Å². The summed E-state index contributed by atoms with van der Waals surface area (Å²) in [5, 5.41) is 46.4. The topological polar surface area (TPSA) is 185 Å². The number of aliphatic hydroxyl groups excluding tert-OH is 3. The van der Waals surface area contributed by atoms with E-state index < -0.39 is 47.8 Å². The second kappa shape index (κ2) is 18.0. The zero-order valence-electron chi connectivity index (χ0n) is 26.8. The minimum Gasteiger partial charge on any atom is -0.487 e. The predicted molar refractivity (Wildman–Crippen MR) is 162 cm³/mol. The Morgan fingerprint density at radius 2 is 1.43 bits per heavy atom. The summed E-state index contributed by atoms with van der Waals surface area (Å²) < 4.78 is 28.3. The molecule has 1 aromatic rings. The van der Waals surface area contributed by atoms with E-state index in [9.17, 15) is 30.0 Å². The molecule has 1 fully saturated rings. The highest BCUT2D eigenvalue weighted by Gasteiger charge is 2.47. The van der Waals surface area contributed by atoms with Crippen LogP contribution in [0.25, 0.3) is 0 Å². The highest BCUT2D eigenvalue weighted by Crippen LogP contribution is 2.31. The zero-order valence-corrected chi connectivity index (χ0v) is 26.8. The van der Waals surface area contributed by atoms with Gasteiger partial charge in [-0.15, -0.1) is 0 Å². The fourth-order valence-corrected chi connectivity index (χ4v) is 4.34. The van der Waals surface area contributed by atoms with E-state index in [4.69, 9.17) is 23.7 Å². The number of carboxylic acid groups (broad SMARTS) is 1. The molecule has 1 saturated carbocycles. The van der Waals surface area contributed by atoms with Crippen molar-refractivity contribution in [2.75, 3.05) is 52.7 Å². The summed E-state index contributed by atoms with van der Waals surface area (Å²) in [4.78, 5) is 24.8. The molecule has 13 heteroatoms. The zero-order chi connectivity index (χ0) is 32.9. The Morgan fingerprint density at radius 1 is 0.841 bits per heavy atom. The molecule has 5 atom stereocenters. The van der Waals surface area contributed by atoms with Crippen LogP contribution in [-0.4, -0.2) is 121 Å². The van der Waals surface area contributed by atoms with Gasteiger partial charge in [0.1, 0.15) is 24.1 Å². The van der Waals surface area contributed by atoms with Crippen molar-refractivity contribution in [3.63, 3.8) is 0 Å². The van der Waals surface area contributed by atoms with Gasteiger partial charge in [-0.3, -0.25) is 9.59 Å². The van der Waals surface area contributed by atoms with Crippen molar-refractivity contribution < 1.29 is 53.7 Å². The smallest absolute Gasteiger partial charge is 0.309 e. The molecule has 0 aromatic heterocycles. The third-order valence-electron chi connectivity index (χ3n) is 6.71. The second-order valence-electron chi connectivity index (χ2n) is 12.8. The number of amides is 1. The number of carboxylic acids is 1. The third kappa shape index (κ3) is 13.7. The number of carbonyl (C=O) groups is 2. The van der Waals surface area contributed by atoms with Gasteiger partial charge >= 0.3 is 5.97 Å². The van der Waals surface area contributed by atoms with Gasteiger partial charge in [-0.05, 0) is 59.2 Å². The first kappa shape index (κ1) is 37.8. The molecule has 6 N–H and O–H groups in total. The number of aliphatic hydroxyl groups is 3. The van der Waals surface area contributed by atoms with E-state index in [0.29, 0.717) is 38.6 Å². The summed E-state index contributed by atoms with van der Waals surface area (Å²) in [6.45, 7) is 15.7. The van der Waals surface area contributed by atoms with E-state index in [2.05, 4.69) is 31.4 Å². The molecule has 13 nitrogen and oxygen atoms in total. The first-order valence-corrected chi connectivity index (χ1v) is 15.1. The van der Waals surface area contributed by atoms with E-state index in [1.807, 2.05) is 20.8 Å². The molecular formula is C31H52N2O11. The van der Waals surface area contributed by atoms with E-state index in [0.717, 1.165) is 6.54 Å². The maximum Gasteiger partial charge on any atom is 0.309 e. The van der Waals surface area contributed by atoms with Crippen LogP contribution in [0.1, 0.15) is 63.9 Å². The van der Waals surface area contributed by atoms with Crippen LogP contribution in [-0.2, 0) is 30.3 Å². The lowest BCUT2D eigenvalue weighted by atomic mass is 9.80. The molecule has 1 aromatic carbocycles. The highest BCUT2D eigenvalue weighted by molar-refractivity contribution is 5.97. The molecule has 1 aliphatic rings. The molecule has 0 heterocycles. The summed E-state index contributed by atoms with van der Waals surface area (Å²) in [5.74, 6) is -3.06. The standard InChI is InChI=1S/C31H52N2O11/c1-30(2,3)33-10-12-41-14-16-42-15-13-40-11-9-32-28(37)21-17-20(19-43-31(4,5)6)7-8-23(21)44-24-18-22(29(38)39)25(34)27(36)26(24)35/h7-8,17,22,24-27,33-36H,9-16,18-19H2,1-6H3,(H,32,37)(H,38,39)/t22-,24+,25+,26-,27-/m0/s1. The first-order valence-electron chi connectivity index (χ1n) is 15.1. The van der Waals surface area contributed by atoms with Crippen molar-refractivity contribution in [3.05, 3.63) is 29.3 Å². The maximum absolute atomic E-state index is 13.2. The van der Waals surface area contributed by atoms with Crippen LogP contribution in [0, 0.1) is 5.92 Å². The number of hydrogen-bond acceptors (Lipinski definition) is 11. The van der Waals surface area contributed by atoms with Crippen molar-refractivity contribution in [1.29, 1.82) is 0 Å². The predicted octanol–water partition coefficient (Wildman–Crippen LogP) is 1.10. The van der Waals surface area contributed by atoms with Gasteiger partial charge in [-0.1, -0.05) is 6.07 Å². The average Bonchev–Trinajstić information content (AvgIpc) is 2.93. The van der Waals surface area contributed by atoms with Gasteiger partial charge in [-0.2, -0.15) is 0 Å². The molecular weight excluding hydrogens is 576 g/mol. The molecule has 0 saturated heterocycles. The number of carbonyl (C=O) groups excluding carboxylic acids is 1. The first-order chi connectivity index (χ1) is 20.6. The molecule has 0 spiro atoms. The van der Waals surface area contributed by atoms with Crippen LogP contribution in [0.2, 0.25) is 0 Å². The molecule has 2 rings (SSSR count). The SMILES string of the molecule is CC(C)(C)NCCOCCOCCOCCNC(=O)c1cc(COC(C)(C)C)ccc1O[C@@H]1C[C@H](C(=O)O)[C@@H](O)[C@H](O)[C@H]1O. The lowest BCUT2D eigenvalue weighted by Gasteiger charge is -2.38. The Morgan fingerprint density at radius 3 is 2.00 bits per heavy atom. The van der Waals surface area contributed by atoms with Crippen molar-refractivity contribution >= 4 is 11.9 Å². The van der Waals surface area contributed by atoms with Gasteiger partial charge in [0.05, 0.1) is 69.4 Å². The Balaban J connectivity index is 1.88. The summed E-state index contributed by atoms with van der Waals surface area (Å²) >= 11 is 0. The number of hydrogen-bond donors (Lipinski definition) is 6. The van der Waals surface area contributed by atoms with Gasteiger partial charge in [0, 0.05) is 25.0 Å². The summed E-state index contributed by atoms with van der Waals surface area (Å²) in [7, 11) is 0. The molecule has 0 bridgehead atoms. The normalized spacial score (nSPS) is 22.5. The van der Waals surface area contributed by atoms with E-state index in [1.54, 1.807) is 12.1 Å². The Bertz CT molecular complexity index is 1020. The largest absolute Gasteiger partial charge is 0.487 e. The van der Waals surface area contributed by atoms with Crippen LogP contribution in [0.15, 0.2) is 18.2 Å². The third-order valence-corrected chi connectivity index (χ3v) is 6.71. The van der Waals surface area contributed by atoms with Crippen molar-refractivity contribution in [3.8, 4) is 5.75 Å². The molecule has 0 radical (unpaired) electrons. The van der Waals surface area contributed by atoms with Crippen LogP contribution in [0.3, 0.4) is 0 Å². The van der Waals surface area contributed by atoms with Crippen LogP contribution < -0.4 is 15.4 Å². The molecule has 1 aliphatic carbocycles. The van der Waals surface area contributed by atoms with Crippen LogP contribution >= 0.6 is 0 Å². The average molecular weight is 629 g/mol. The van der Waals surface area contributed by atoms with Gasteiger partial charge in [0.15, 0.2) is 0 Å². The van der Waals surface area contributed by atoms with E-state index in [1.165, 1.54) is 6.07 Å². The Kier molecular flexibility index (Phi) is 15.4. The van der Waals surface area contributed by atoms with Gasteiger partial charge in [0.2, 0.25) is 0 Å². The molecule has 0 aliphatic heterocycles. The van der Waals surface area contributed by atoms with Gasteiger partial charge in [-0.25, -0.2) is 0 Å². The number of benzene rings is 1. The maximum atomic E-state index is 13.2. The molecule has 44 heavy (non-hydrogen) atoms. The molecule has 1 amide bonds. The fourth-order valence-electron chi connectivity index (χ4n) is 4.34. The van der Waals surface area contributed by atoms with Crippen molar-refractivity contribution in [2.24, 2.45) is 5.92 Å². The summed E-state index contributed by atoms with van der Waals surface area (Å²) in [6, 6.07) is 4.83. The second-order valence-corrected chi connectivity index (χ2v) is 12.8. The quantitative estimate of drug-likeness (QED) is 0.127.